The fourth-order valence-corrected chi connectivity index (χ4v) is 4.35. The lowest BCUT2D eigenvalue weighted by molar-refractivity contribution is -0.136. The van der Waals surface area contributed by atoms with Crippen LogP contribution in [0.5, 0.6) is 5.75 Å². The molecule has 1 unspecified atom stereocenters. The minimum absolute atomic E-state index is 0.00445. The second-order valence-corrected chi connectivity index (χ2v) is 9.05. The number of methoxy groups -OCH3 is 1. The first kappa shape index (κ1) is 23.2. The molecule has 0 saturated carbocycles. The molecule has 1 aromatic heterocycles. The highest BCUT2D eigenvalue weighted by atomic mass is 32.1. The van der Waals surface area contributed by atoms with E-state index >= 15 is 0 Å². The second-order valence-electron chi connectivity index (χ2n) is 8.11. The number of hydrogen-bond acceptors (Lipinski definition) is 6. The van der Waals surface area contributed by atoms with Crippen LogP contribution < -0.4 is 10.1 Å². The molecule has 0 radical (unpaired) electrons. The van der Waals surface area contributed by atoms with Gasteiger partial charge in [0.1, 0.15) is 11.8 Å². The third-order valence-electron chi connectivity index (χ3n) is 5.54. The zero-order valence-electron chi connectivity index (χ0n) is 18.8. The number of nitrogens with zero attached hydrogens (tertiary/aromatic N) is 3. The molecule has 7 nitrogen and oxygen atoms in total. The van der Waals surface area contributed by atoms with Gasteiger partial charge in [0.2, 0.25) is 5.91 Å². The maximum absolute atomic E-state index is 13.2. The van der Waals surface area contributed by atoms with E-state index in [0.717, 1.165) is 36.8 Å². The standard InChI is InChI=1S/C23H32N4O3S/c1-5-20-24-18(15-31-20)14-26-10-12-27(13-11-26)23(29)21(16(2)3)25-22(28)17-6-8-19(30-4)9-7-17/h6-9,15-16,21H,5,10-14H2,1-4H3,(H,25,28). The summed E-state index contributed by atoms with van der Waals surface area (Å²) < 4.78 is 5.14. The van der Waals surface area contributed by atoms with Crippen LogP contribution >= 0.6 is 11.3 Å². The molecule has 31 heavy (non-hydrogen) atoms. The Morgan fingerprint density at radius 2 is 1.84 bits per heavy atom. The van der Waals surface area contributed by atoms with Crippen LogP contribution in [0.1, 0.15) is 41.8 Å². The smallest absolute Gasteiger partial charge is 0.251 e. The lowest BCUT2D eigenvalue weighted by Crippen LogP contribution is -2.56. The molecule has 3 rings (SSSR count). The summed E-state index contributed by atoms with van der Waals surface area (Å²) in [5, 5.41) is 6.22. The number of piperazine rings is 1. The van der Waals surface area contributed by atoms with Gasteiger partial charge in [-0.05, 0) is 36.6 Å². The van der Waals surface area contributed by atoms with Crippen molar-refractivity contribution in [2.24, 2.45) is 5.92 Å². The number of amides is 2. The van der Waals surface area contributed by atoms with Gasteiger partial charge in [-0.25, -0.2) is 4.98 Å². The highest BCUT2D eigenvalue weighted by Gasteiger charge is 2.31. The lowest BCUT2D eigenvalue weighted by Gasteiger charge is -2.37. The quantitative estimate of drug-likeness (QED) is 0.678. The average molecular weight is 445 g/mol. The Morgan fingerprint density at radius 1 is 1.16 bits per heavy atom. The molecule has 1 N–H and O–H groups in total. The SMILES string of the molecule is CCc1nc(CN2CCN(C(=O)C(NC(=O)c3ccc(OC)cc3)C(C)C)CC2)cs1. The summed E-state index contributed by atoms with van der Waals surface area (Å²) in [7, 11) is 1.58. The van der Waals surface area contributed by atoms with Gasteiger partial charge in [-0.3, -0.25) is 14.5 Å². The first-order chi connectivity index (χ1) is 14.9. The van der Waals surface area contributed by atoms with Gasteiger partial charge >= 0.3 is 0 Å². The first-order valence-electron chi connectivity index (χ1n) is 10.8. The molecule has 1 saturated heterocycles. The van der Waals surface area contributed by atoms with Crippen molar-refractivity contribution in [1.29, 1.82) is 0 Å². The summed E-state index contributed by atoms with van der Waals surface area (Å²) in [5.41, 5.74) is 1.62. The maximum atomic E-state index is 13.2. The van der Waals surface area contributed by atoms with Crippen molar-refractivity contribution in [2.75, 3.05) is 33.3 Å². The van der Waals surface area contributed by atoms with E-state index in [1.54, 1.807) is 42.7 Å². The molecule has 2 heterocycles. The summed E-state index contributed by atoms with van der Waals surface area (Å²) in [5.74, 6) is 0.423. The highest BCUT2D eigenvalue weighted by Crippen LogP contribution is 2.16. The second kappa shape index (κ2) is 10.7. The van der Waals surface area contributed by atoms with E-state index in [9.17, 15) is 9.59 Å². The number of ether oxygens (including phenoxy) is 1. The Morgan fingerprint density at radius 3 is 2.39 bits per heavy atom. The van der Waals surface area contributed by atoms with Gasteiger partial charge in [0.15, 0.2) is 0 Å². The predicted octanol–water partition coefficient (Wildman–Crippen LogP) is 2.81. The average Bonchev–Trinajstić information content (AvgIpc) is 3.24. The molecular formula is C23H32N4O3S. The van der Waals surface area contributed by atoms with Gasteiger partial charge in [-0.1, -0.05) is 20.8 Å². The van der Waals surface area contributed by atoms with Gasteiger partial charge < -0.3 is 15.0 Å². The van der Waals surface area contributed by atoms with Gasteiger partial charge in [-0.2, -0.15) is 0 Å². The van der Waals surface area contributed by atoms with Gasteiger partial charge in [-0.15, -0.1) is 11.3 Å². The molecule has 1 aromatic carbocycles. The number of aryl methyl sites for hydroxylation is 1. The van der Waals surface area contributed by atoms with E-state index in [1.807, 2.05) is 18.7 Å². The van der Waals surface area contributed by atoms with Crippen LogP contribution in [0.3, 0.4) is 0 Å². The molecule has 1 fully saturated rings. The number of aromatic nitrogens is 1. The fraction of sp³-hybridized carbons (Fsp3) is 0.522. The van der Waals surface area contributed by atoms with Crippen molar-refractivity contribution in [3.63, 3.8) is 0 Å². The number of thiazole rings is 1. The topological polar surface area (TPSA) is 74.8 Å². The number of benzene rings is 1. The summed E-state index contributed by atoms with van der Waals surface area (Å²) in [6.07, 6.45) is 0.964. The van der Waals surface area contributed by atoms with Crippen LogP contribution in [0.2, 0.25) is 0 Å². The molecule has 2 amide bonds. The summed E-state index contributed by atoms with van der Waals surface area (Å²) >= 11 is 1.71. The maximum Gasteiger partial charge on any atom is 0.251 e. The molecular weight excluding hydrogens is 412 g/mol. The highest BCUT2D eigenvalue weighted by molar-refractivity contribution is 7.09. The third kappa shape index (κ3) is 6.04. The fourth-order valence-electron chi connectivity index (χ4n) is 3.62. The lowest BCUT2D eigenvalue weighted by atomic mass is 10.0. The molecule has 1 aliphatic heterocycles. The van der Waals surface area contributed by atoms with E-state index in [4.69, 9.17) is 4.74 Å². The zero-order chi connectivity index (χ0) is 22.4. The number of nitrogens with one attached hydrogen (secondary N) is 1. The summed E-state index contributed by atoms with van der Waals surface area (Å²) in [4.78, 5) is 34.7. The molecule has 8 heteroatoms. The number of hydrogen-bond donors (Lipinski definition) is 1. The first-order valence-corrected chi connectivity index (χ1v) is 11.7. The van der Waals surface area contributed by atoms with Crippen LogP contribution in [0.25, 0.3) is 0 Å². The van der Waals surface area contributed by atoms with Crippen LogP contribution in [0.4, 0.5) is 0 Å². The van der Waals surface area contributed by atoms with Gasteiger partial charge in [0.05, 0.1) is 17.8 Å². The van der Waals surface area contributed by atoms with Gasteiger partial charge in [0.25, 0.3) is 5.91 Å². The third-order valence-corrected chi connectivity index (χ3v) is 6.58. The van der Waals surface area contributed by atoms with Crippen LogP contribution in [0.15, 0.2) is 29.6 Å². The van der Waals surface area contributed by atoms with E-state index in [-0.39, 0.29) is 17.7 Å². The molecule has 0 aliphatic carbocycles. The summed E-state index contributed by atoms with van der Waals surface area (Å²) in [6, 6.07) is 6.35. The van der Waals surface area contributed by atoms with E-state index in [1.165, 1.54) is 0 Å². The van der Waals surface area contributed by atoms with Crippen LogP contribution in [0, 0.1) is 5.92 Å². The monoisotopic (exact) mass is 444 g/mol. The van der Waals surface area contributed by atoms with E-state index in [0.29, 0.717) is 24.4 Å². The van der Waals surface area contributed by atoms with Crippen LogP contribution in [-0.4, -0.2) is 65.9 Å². The molecule has 0 bridgehead atoms. The Labute approximate surface area is 188 Å². The van der Waals surface area contributed by atoms with Gasteiger partial charge in [0, 0.05) is 43.7 Å². The largest absolute Gasteiger partial charge is 0.497 e. The molecule has 0 spiro atoms. The van der Waals surface area contributed by atoms with Crippen LogP contribution in [-0.2, 0) is 17.8 Å². The Bertz CT molecular complexity index is 873. The molecule has 1 atom stereocenters. The number of carbonyl (C=O) groups excluding carboxylic acids is 2. The van der Waals surface area contributed by atoms with Crippen molar-refractivity contribution in [2.45, 2.75) is 39.8 Å². The molecule has 1 aliphatic rings. The van der Waals surface area contributed by atoms with E-state index < -0.39 is 6.04 Å². The van der Waals surface area contributed by atoms with Crippen molar-refractivity contribution in [3.8, 4) is 5.75 Å². The minimum atomic E-state index is -0.549. The number of rotatable bonds is 8. The van der Waals surface area contributed by atoms with Crippen molar-refractivity contribution in [3.05, 3.63) is 45.9 Å². The summed E-state index contributed by atoms with van der Waals surface area (Å²) in [6.45, 7) is 9.79. The predicted molar refractivity (Wildman–Crippen MR) is 122 cm³/mol. The Kier molecular flexibility index (Phi) is 8.03. The normalized spacial score (nSPS) is 15.7. The Hall–Kier alpha value is -2.45. The van der Waals surface area contributed by atoms with Crippen molar-refractivity contribution < 1.29 is 14.3 Å². The molecule has 168 valence electrons. The minimum Gasteiger partial charge on any atom is -0.497 e. The molecule has 2 aromatic rings. The van der Waals surface area contributed by atoms with Crippen molar-refractivity contribution in [1.82, 2.24) is 20.1 Å². The van der Waals surface area contributed by atoms with E-state index in [2.05, 4.69) is 27.5 Å². The van der Waals surface area contributed by atoms with Crippen molar-refractivity contribution >= 4 is 23.2 Å². The Balaban J connectivity index is 1.55. The zero-order valence-corrected chi connectivity index (χ0v) is 19.6. The number of carbonyl (C=O) groups is 2.